The molecule has 0 unspecified atom stereocenters. The molecule has 1 aromatic carbocycles. The van der Waals surface area contributed by atoms with Gasteiger partial charge in [0, 0.05) is 0 Å². The smallest absolute Gasteiger partial charge is 0.358 e. The molecule has 0 spiro atoms. The van der Waals surface area contributed by atoms with Crippen LogP contribution >= 0.6 is 0 Å². The summed E-state index contributed by atoms with van der Waals surface area (Å²) in [6.07, 6.45) is 2.64. The Kier molecular flexibility index (Phi) is 7.48. The van der Waals surface area contributed by atoms with Gasteiger partial charge in [-0.05, 0) is 23.6 Å². The van der Waals surface area contributed by atoms with Crippen molar-refractivity contribution in [2.24, 2.45) is 0 Å². The Morgan fingerprint density at radius 3 is 2.13 bits per heavy atom. The van der Waals surface area contributed by atoms with Gasteiger partial charge in [-0.25, -0.2) is 4.39 Å². The van der Waals surface area contributed by atoms with Crippen LogP contribution in [0.3, 0.4) is 0 Å². The van der Waals surface area contributed by atoms with Gasteiger partial charge >= 0.3 is 23.1 Å². The summed E-state index contributed by atoms with van der Waals surface area (Å²) in [7, 11) is 0.723. The van der Waals surface area contributed by atoms with Gasteiger partial charge in [0.1, 0.15) is 5.82 Å². The summed E-state index contributed by atoms with van der Waals surface area (Å²) in [4.78, 5) is 0. The van der Waals surface area contributed by atoms with E-state index in [0.717, 1.165) is 9.52 Å². The molecule has 0 aromatic heterocycles. The van der Waals surface area contributed by atoms with Crippen LogP contribution in [-0.2, 0) is 0 Å². The maximum absolute atomic E-state index is 12.7. The Balaban J connectivity index is 0.000000980. The minimum Gasteiger partial charge on any atom is -0.358 e. The van der Waals surface area contributed by atoms with E-state index in [2.05, 4.69) is 0 Å². The number of rotatable bonds is 1. The Morgan fingerprint density at radius 1 is 1.07 bits per heavy atom. The van der Waals surface area contributed by atoms with Gasteiger partial charge in [0.05, 0.1) is 0 Å². The molecular weight excluding hydrogens is 216 g/mol. The maximum Gasteiger partial charge on any atom is 2.00 e. The van der Waals surface area contributed by atoms with E-state index in [-0.39, 0.29) is 36.3 Å². The van der Waals surface area contributed by atoms with Crippen molar-refractivity contribution in [2.45, 2.75) is 30.8 Å². The van der Waals surface area contributed by atoms with Crippen molar-refractivity contribution in [3.05, 3.63) is 43.1 Å². The van der Waals surface area contributed by atoms with Crippen LogP contribution in [0.25, 0.3) is 0 Å². The van der Waals surface area contributed by atoms with Gasteiger partial charge in [0.2, 0.25) is 0 Å². The molecule has 0 aliphatic carbocycles. The fraction of sp³-hybridized carbons (Fsp3) is 0.417. The van der Waals surface area contributed by atoms with Crippen LogP contribution < -0.4 is 0 Å². The molecule has 1 aliphatic rings. The fourth-order valence-electron chi connectivity index (χ4n) is 2.00. The third-order valence-corrected chi connectivity index (χ3v) is 4.26. The number of halogens is 1. The van der Waals surface area contributed by atoms with E-state index >= 15 is 0 Å². The molecule has 0 nitrogen and oxygen atoms in total. The predicted molar refractivity (Wildman–Crippen MR) is 67.3 cm³/mol. The molecule has 2 rings (SSSR count). The van der Waals surface area contributed by atoms with Gasteiger partial charge in [0.15, 0.2) is 0 Å². The molecule has 78 valence electrons. The second kappa shape index (κ2) is 7.41. The van der Waals surface area contributed by atoms with E-state index in [1.807, 2.05) is 12.1 Å². The van der Waals surface area contributed by atoms with E-state index in [1.54, 1.807) is 12.1 Å². The first-order chi connectivity index (χ1) is 6.36. The summed E-state index contributed by atoms with van der Waals surface area (Å²) in [5.74, 6) is 0.590. The van der Waals surface area contributed by atoms with E-state index in [4.69, 9.17) is 0 Å². The minimum absolute atomic E-state index is 0. The Morgan fingerprint density at radius 2 is 1.60 bits per heavy atom. The Bertz CT molecular complexity index is 267. The second-order valence-corrected chi connectivity index (χ2v) is 5.42. The first-order valence-electron chi connectivity index (χ1n) is 4.93. The molecule has 1 fully saturated rings. The number of benzene rings is 1. The molecule has 0 N–H and O–H groups in total. The van der Waals surface area contributed by atoms with E-state index in [9.17, 15) is 4.39 Å². The molecular formula is C12H17FMgSi. The molecule has 0 saturated carbocycles. The average molecular weight is 233 g/mol. The van der Waals surface area contributed by atoms with Gasteiger partial charge in [-0.3, -0.25) is 9.52 Å². The molecule has 1 saturated heterocycles. The zero-order valence-corrected chi connectivity index (χ0v) is 11.9. The van der Waals surface area contributed by atoms with Crippen LogP contribution in [-0.4, -0.2) is 32.6 Å². The summed E-state index contributed by atoms with van der Waals surface area (Å²) in [5.41, 5.74) is 1.33. The van der Waals surface area contributed by atoms with E-state index in [1.165, 1.54) is 30.5 Å². The normalized spacial score (nSPS) is 16.3. The average Bonchev–Trinajstić information content (AvgIpc) is 2.20. The minimum atomic E-state index is -0.120. The summed E-state index contributed by atoms with van der Waals surface area (Å²) in [6.45, 7) is 0. The molecule has 0 bridgehead atoms. The topological polar surface area (TPSA) is 0 Å². The van der Waals surface area contributed by atoms with Crippen LogP contribution in [0.5, 0.6) is 0 Å². The van der Waals surface area contributed by atoms with Gasteiger partial charge < -0.3 is 7.43 Å². The van der Waals surface area contributed by atoms with Crippen molar-refractivity contribution in [3.8, 4) is 0 Å². The molecule has 1 heterocycles. The van der Waals surface area contributed by atoms with Crippen LogP contribution in [0.15, 0.2) is 24.3 Å². The van der Waals surface area contributed by atoms with Crippen molar-refractivity contribution >= 4 is 32.6 Å². The third kappa shape index (κ3) is 4.25. The van der Waals surface area contributed by atoms with E-state index < -0.39 is 0 Å². The summed E-state index contributed by atoms with van der Waals surface area (Å²) in [6, 6.07) is 9.89. The summed E-state index contributed by atoms with van der Waals surface area (Å²) >= 11 is 0. The zero-order valence-electron chi connectivity index (χ0n) is 9.38. The second-order valence-electron chi connectivity index (χ2n) is 3.69. The first kappa shape index (κ1) is 15.1. The van der Waals surface area contributed by atoms with Crippen LogP contribution in [0.1, 0.15) is 24.3 Å². The van der Waals surface area contributed by atoms with E-state index in [0.29, 0.717) is 5.92 Å². The zero-order chi connectivity index (χ0) is 9.10. The van der Waals surface area contributed by atoms with Crippen molar-refractivity contribution in [3.63, 3.8) is 0 Å². The number of hydrogen-bond acceptors (Lipinski definition) is 0. The maximum atomic E-state index is 12.7. The molecule has 0 amide bonds. The third-order valence-electron chi connectivity index (χ3n) is 2.78. The first-order valence-corrected chi connectivity index (χ1v) is 6.57. The van der Waals surface area contributed by atoms with Crippen molar-refractivity contribution < 1.29 is 4.39 Å². The van der Waals surface area contributed by atoms with Crippen molar-refractivity contribution in [2.75, 3.05) is 0 Å². The number of hydrogen-bond donors (Lipinski definition) is 0. The van der Waals surface area contributed by atoms with Crippen molar-refractivity contribution in [1.82, 2.24) is 0 Å². The fourth-order valence-corrected chi connectivity index (χ4v) is 3.56. The molecule has 0 atom stereocenters. The summed E-state index contributed by atoms with van der Waals surface area (Å²) < 4.78 is 12.7. The van der Waals surface area contributed by atoms with Crippen LogP contribution in [0.2, 0.25) is 12.1 Å². The summed E-state index contributed by atoms with van der Waals surface area (Å²) in [5, 5.41) is 0. The quantitative estimate of drug-likeness (QED) is 0.516. The van der Waals surface area contributed by atoms with Gasteiger partial charge in [-0.2, -0.15) is 12.1 Å². The predicted octanol–water partition coefficient (Wildman–Crippen LogP) is 3.05. The van der Waals surface area contributed by atoms with Crippen molar-refractivity contribution in [1.29, 1.82) is 0 Å². The molecule has 1 aromatic rings. The largest absolute Gasteiger partial charge is 2.00 e. The van der Waals surface area contributed by atoms with Gasteiger partial charge in [0.25, 0.3) is 0 Å². The Labute approximate surface area is 111 Å². The standard InChI is InChI=1S/C11H14FSi.CH3.Mg/c12-11-3-1-9(2-4-11)10-5-7-13-8-6-10;;/h1-4,10,13H,5-8H2;1H3;/q2*-1;+2. The van der Waals surface area contributed by atoms with Crippen LogP contribution in [0.4, 0.5) is 4.39 Å². The molecule has 0 radical (unpaired) electrons. The van der Waals surface area contributed by atoms with Crippen LogP contribution in [0, 0.1) is 13.2 Å². The SMILES string of the molecule is Fc1ccc(C2CC[SiH-]CC2)cc1.[CH3-].[Mg+2]. The molecule has 1 aliphatic heterocycles. The molecule has 15 heavy (non-hydrogen) atoms. The Hall–Kier alpha value is 0.133. The monoisotopic (exact) mass is 232 g/mol. The molecule has 3 heteroatoms. The van der Waals surface area contributed by atoms with Gasteiger partial charge in [-0.1, -0.05) is 25.0 Å². The van der Waals surface area contributed by atoms with Gasteiger partial charge in [-0.15, -0.1) is 0 Å².